The molecule has 6 heteroatoms. The van der Waals surface area contributed by atoms with Crippen molar-refractivity contribution >= 4 is 11.9 Å². The minimum Gasteiger partial charge on any atom is -0.480 e. The van der Waals surface area contributed by atoms with Gasteiger partial charge in [-0.1, -0.05) is 0 Å². The van der Waals surface area contributed by atoms with Gasteiger partial charge in [0.25, 0.3) is 0 Å². The number of pyridine rings is 1. The summed E-state index contributed by atoms with van der Waals surface area (Å²) in [5.41, 5.74) is 1.01. The van der Waals surface area contributed by atoms with Gasteiger partial charge in [0.05, 0.1) is 6.54 Å². The molecule has 0 radical (unpaired) electrons. The smallest absolute Gasteiger partial charge is 0.325 e. The number of amides is 1. The van der Waals surface area contributed by atoms with Crippen molar-refractivity contribution < 1.29 is 14.7 Å². The van der Waals surface area contributed by atoms with Gasteiger partial charge in [-0.3, -0.25) is 14.6 Å². The summed E-state index contributed by atoms with van der Waals surface area (Å²) < 4.78 is 0. The number of rotatable bonds is 6. The van der Waals surface area contributed by atoms with Crippen LogP contribution in [0.3, 0.4) is 0 Å². The number of carboxylic acid groups (broad SMARTS) is 1. The third kappa shape index (κ3) is 5.07. The van der Waals surface area contributed by atoms with Crippen LogP contribution in [0.25, 0.3) is 0 Å². The molecule has 0 fully saturated rings. The molecule has 1 aromatic rings. The first-order chi connectivity index (χ1) is 8.09. The molecule has 0 unspecified atom stereocenters. The van der Waals surface area contributed by atoms with Crippen molar-refractivity contribution in [2.75, 3.05) is 6.54 Å². The Balaban J connectivity index is 2.23. The van der Waals surface area contributed by atoms with E-state index >= 15 is 0 Å². The Morgan fingerprint density at radius 2 is 2.06 bits per heavy atom. The zero-order valence-corrected chi connectivity index (χ0v) is 9.51. The summed E-state index contributed by atoms with van der Waals surface area (Å²) >= 11 is 0. The third-order valence-electron chi connectivity index (χ3n) is 2.11. The van der Waals surface area contributed by atoms with Crippen molar-refractivity contribution in [3.63, 3.8) is 0 Å². The number of nitrogens with zero attached hydrogens (tertiary/aromatic N) is 1. The molecule has 0 aromatic carbocycles. The Kier molecular flexibility index (Phi) is 5.09. The van der Waals surface area contributed by atoms with Gasteiger partial charge in [-0.2, -0.15) is 0 Å². The van der Waals surface area contributed by atoms with E-state index < -0.39 is 12.0 Å². The monoisotopic (exact) mass is 237 g/mol. The normalized spacial score (nSPS) is 11.8. The van der Waals surface area contributed by atoms with Crippen molar-refractivity contribution in [2.24, 2.45) is 0 Å². The molecular weight excluding hydrogens is 222 g/mol. The first-order valence-corrected chi connectivity index (χ1v) is 5.21. The summed E-state index contributed by atoms with van der Waals surface area (Å²) in [7, 11) is 0. The lowest BCUT2D eigenvalue weighted by Gasteiger charge is -2.09. The van der Waals surface area contributed by atoms with Crippen LogP contribution in [0, 0.1) is 0 Å². The van der Waals surface area contributed by atoms with Gasteiger partial charge in [0, 0.05) is 18.9 Å². The highest BCUT2D eigenvalue weighted by Crippen LogP contribution is 1.94. The van der Waals surface area contributed by atoms with E-state index in [1.807, 2.05) is 12.1 Å². The molecule has 1 atom stereocenters. The second kappa shape index (κ2) is 6.59. The van der Waals surface area contributed by atoms with Crippen LogP contribution < -0.4 is 10.6 Å². The maximum Gasteiger partial charge on any atom is 0.325 e. The molecule has 3 N–H and O–H groups in total. The fraction of sp³-hybridized carbons (Fsp3) is 0.364. The molecular formula is C11H15N3O3. The number of aromatic nitrogens is 1. The van der Waals surface area contributed by atoms with Crippen LogP contribution in [0.4, 0.5) is 0 Å². The van der Waals surface area contributed by atoms with Crippen molar-refractivity contribution in [3.05, 3.63) is 30.1 Å². The van der Waals surface area contributed by atoms with Crippen LogP contribution in [0.1, 0.15) is 12.5 Å². The first-order valence-electron chi connectivity index (χ1n) is 5.21. The quantitative estimate of drug-likeness (QED) is 0.635. The molecule has 0 aliphatic heterocycles. The Bertz CT molecular complexity index is 381. The lowest BCUT2D eigenvalue weighted by atomic mass is 10.3. The summed E-state index contributed by atoms with van der Waals surface area (Å²) in [4.78, 5) is 25.7. The largest absolute Gasteiger partial charge is 0.480 e. The minimum absolute atomic E-state index is 0.0833. The van der Waals surface area contributed by atoms with E-state index in [1.165, 1.54) is 6.92 Å². The average Bonchev–Trinajstić information content (AvgIpc) is 2.30. The molecule has 6 nitrogen and oxygen atoms in total. The highest BCUT2D eigenvalue weighted by molar-refractivity contribution is 5.84. The van der Waals surface area contributed by atoms with E-state index in [0.717, 1.165) is 5.56 Å². The number of hydrogen-bond donors (Lipinski definition) is 3. The molecule has 0 saturated heterocycles. The van der Waals surface area contributed by atoms with Crippen molar-refractivity contribution in [1.82, 2.24) is 15.6 Å². The number of aliphatic carboxylic acids is 1. The summed E-state index contributed by atoms with van der Waals surface area (Å²) in [6, 6.07) is 2.81. The van der Waals surface area contributed by atoms with Gasteiger partial charge in [0.15, 0.2) is 0 Å². The van der Waals surface area contributed by atoms with Gasteiger partial charge < -0.3 is 15.7 Å². The van der Waals surface area contributed by atoms with Gasteiger partial charge in [-0.15, -0.1) is 0 Å². The van der Waals surface area contributed by atoms with Crippen LogP contribution in [0.5, 0.6) is 0 Å². The van der Waals surface area contributed by atoms with Crippen LogP contribution in [0.15, 0.2) is 24.5 Å². The van der Waals surface area contributed by atoms with Gasteiger partial charge >= 0.3 is 5.97 Å². The second-order valence-corrected chi connectivity index (χ2v) is 3.59. The lowest BCUT2D eigenvalue weighted by Crippen LogP contribution is -2.42. The summed E-state index contributed by atoms with van der Waals surface area (Å²) in [5.74, 6) is -1.39. The maximum atomic E-state index is 11.3. The predicted octanol–water partition coefficient (Wildman–Crippen LogP) is -0.240. The van der Waals surface area contributed by atoms with Crippen LogP contribution in [-0.2, 0) is 16.1 Å². The fourth-order valence-corrected chi connectivity index (χ4v) is 1.18. The number of carboxylic acids is 1. The molecule has 17 heavy (non-hydrogen) atoms. The molecule has 0 saturated carbocycles. The van der Waals surface area contributed by atoms with E-state index in [9.17, 15) is 9.59 Å². The van der Waals surface area contributed by atoms with Gasteiger partial charge in [-0.05, 0) is 24.6 Å². The van der Waals surface area contributed by atoms with Crippen molar-refractivity contribution in [3.8, 4) is 0 Å². The number of nitrogens with one attached hydrogen (secondary N) is 2. The number of carbonyl (C=O) groups excluding carboxylic acids is 1. The molecule has 1 aromatic heterocycles. The minimum atomic E-state index is -1.05. The zero-order chi connectivity index (χ0) is 12.7. The summed E-state index contributed by atoms with van der Waals surface area (Å²) in [6.45, 7) is 2.04. The lowest BCUT2D eigenvalue weighted by molar-refractivity contribution is -0.141. The Hall–Kier alpha value is -1.95. The highest BCUT2D eigenvalue weighted by Gasteiger charge is 2.12. The molecule has 0 spiro atoms. The molecule has 0 aliphatic carbocycles. The Morgan fingerprint density at radius 1 is 1.41 bits per heavy atom. The third-order valence-corrected chi connectivity index (χ3v) is 2.11. The Morgan fingerprint density at radius 3 is 2.65 bits per heavy atom. The first kappa shape index (κ1) is 13.1. The van der Waals surface area contributed by atoms with E-state index in [0.29, 0.717) is 6.54 Å². The predicted molar refractivity (Wildman–Crippen MR) is 61.2 cm³/mol. The SMILES string of the molecule is C[C@H](NC(=O)CNCc1ccncc1)C(=O)O. The van der Waals surface area contributed by atoms with Crippen LogP contribution in [-0.4, -0.2) is 34.6 Å². The van der Waals surface area contributed by atoms with E-state index in [2.05, 4.69) is 15.6 Å². The highest BCUT2D eigenvalue weighted by atomic mass is 16.4. The van der Waals surface area contributed by atoms with Gasteiger partial charge in [0.2, 0.25) is 5.91 Å². The van der Waals surface area contributed by atoms with E-state index in [1.54, 1.807) is 12.4 Å². The summed E-state index contributed by atoms with van der Waals surface area (Å²) in [5, 5.41) is 13.9. The zero-order valence-electron chi connectivity index (χ0n) is 9.51. The van der Waals surface area contributed by atoms with E-state index in [4.69, 9.17) is 5.11 Å². The molecule has 92 valence electrons. The second-order valence-electron chi connectivity index (χ2n) is 3.59. The molecule has 1 rings (SSSR count). The number of carbonyl (C=O) groups is 2. The van der Waals surface area contributed by atoms with Gasteiger partial charge in [0.1, 0.15) is 6.04 Å². The Labute approximate surface area is 99.1 Å². The topological polar surface area (TPSA) is 91.3 Å². The van der Waals surface area contributed by atoms with E-state index in [-0.39, 0.29) is 12.5 Å². The maximum absolute atomic E-state index is 11.3. The number of hydrogen-bond acceptors (Lipinski definition) is 4. The van der Waals surface area contributed by atoms with Crippen LogP contribution >= 0.6 is 0 Å². The average molecular weight is 237 g/mol. The van der Waals surface area contributed by atoms with Gasteiger partial charge in [-0.25, -0.2) is 0 Å². The fourth-order valence-electron chi connectivity index (χ4n) is 1.18. The molecule has 1 heterocycles. The van der Waals surface area contributed by atoms with Crippen LogP contribution in [0.2, 0.25) is 0 Å². The van der Waals surface area contributed by atoms with Crippen molar-refractivity contribution in [1.29, 1.82) is 0 Å². The molecule has 1 amide bonds. The summed E-state index contributed by atoms with van der Waals surface area (Å²) in [6.07, 6.45) is 3.34. The molecule has 0 bridgehead atoms. The van der Waals surface area contributed by atoms with Crippen molar-refractivity contribution in [2.45, 2.75) is 19.5 Å². The standard InChI is InChI=1S/C11H15N3O3/c1-8(11(16)17)14-10(15)7-13-6-9-2-4-12-5-3-9/h2-5,8,13H,6-7H2,1H3,(H,14,15)(H,16,17)/t8-/m0/s1. The molecule has 0 aliphatic rings.